The molecule has 2 heterocycles. The van der Waals surface area contributed by atoms with E-state index in [2.05, 4.69) is 14.3 Å². The quantitative estimate of drug-likeness (QED) is 0.723. The Hall–Kier alpha value is -0.780. The van der Waals surface area contributed by atoms with Crippen LogP contribution in [-0.2, 0) is 0 Å². The summed E-state index contributed by atoms with van der Waals surface area (Å²) in [5.74, 6) is 0.670. The fraction of sp³-hybridized carbons (Fsp3) is 0.125. The van der Waals surface area contributed by atoms with Crippen molar-refractivity contribution in [2.75, 3.05) is 0 Å². The van der Waals surface area contributed by atoms with Crippen LogP contribution in [-0.4, -0.2) is 9.36 Å². The number of nitrogens with zero attached hydrogens (tertiary/aromatic N) is 3. The molecular weight excluding hydrogens is 238 g/mol. The normalized spacial score (nSPS) is 12.0. The van der Waals surface area contributed by atoms with Crippen LogP contribution in [0, 0.1) is 6.92 Å². The monoisotopic (exact) mass is 243 g/mol. The average Bonchev–Trinajstić information content (AvgIpc) is 2.52. The van der Waals surface area contributed by atoms with Gasteiger partial charge in [0.1, 0.15) is 0 Å². The SMILES string of the molecule is Cc1ccnc(N=c2ssnc2Cl)c1. The Morgan fingerprint density at radius 3 is 3.00 bits per heavy atom. The van der Waals surface area contributed by atoms with Crippen LogP contribution in [0.1, 0.15) is 5.56 Å². The van der Waals surface area contributed by atoms with Crippen molar-refractivity contribution in [1.82, 2.24) is 9.36 Å². The van der Waals surface area contributed by atoms with Gasteiger partial charge in [0.05, 0.1) is 0 Å². The molecule has 14 heavy (non-hydrogen) atoms. The Balaban J connectivity index is 2.49. The lowest BCUT2D eigenvalue weighted by molar-refractivity contribution is 1.21. The maximum absolute atomic E-state index is 5.82. The first-order valence-electron chi connectivity index (χ1n) is 3.84. The van der Waals surface area contributed by atoms with Crippen molar-refractivity contribution in [3.8, 4) is 0 Å². The van der Waals surface area contributed by atoms with E-state index in [-0.39, 0.29) is 0 Å². The zero-order chi connectivity index (χ0) is 9.97. The average molecular weight is 244 g/mol. The van der Waals surface area contributed by atoms with Gasteiger partial charge < -0.3 is 0 Å². The highest BCUT2D eigenvalue weighted by Gasteiger charge is 1.97. The minimum atomic E-state index is 0.448. The van der Waals surface area contributed by atoms with E-state index in [0.29, 0.717) is 11.0 Å². The zero-order valence-corrected chi connectivity index (χ0v) is 9.66. The number of aryl methyl sites for hydroxylation is 1. The molecule has 0 aliphatic rings. The van der Waals surface area contributed by atoms with Crippen LogP contribution in [0.3, 0.4) is 0 Å². The van der Waals surface area contributed by atoms with E-state index < -0.39 is 0 Å². The number of pyridine rings is 1. The summed E-state index contributed by atoms with van der Waals surface area (Å²) in [6, 6.07) is 3.83. The first-order chi connectivity index (χ1) is 6.75. The second-order valence-corrected chi connectivity index (χ2v) is 4.84. The van der Waals surface area contributed by atoms with Crippen molar-refractivity contribution in [3.63, 3.8) is 0 Å². The van der Waals surface area contributed by atoms with Gasteiger partial charge in [0.25, 0.3) is 0 Å². The molecule has 72 valence electrons. The van der Waals surface area contributed by atoms with Crippen molar-refractivity contribution in [1.29, 1.82) is 0 Å². The van der Waals surface area contributed by atoms with E-state index in [4.69, 9.17) is 11.6 Å². The van der Waals surface area contributed by atoms with Gasteiger partial charge in [-0.25, -0.2) is 9.98 Å². The maximum atomic E-state index is 5.82. The lowest BCUT2D eigenvalue weighted by Gasteiger charge is -1.92. The summed E-state index contributed by atoms with van der Waals surface area (Å²) in [6.07, 6.45) is 1.73. The molecule has 0 N–H and O–H groups in total. The summed E-state index contributed by atoms with van der Waals surface area (Å²) in [5, 5.41) is 0.448. The molecule has 0 aromatic carbocycles. The molecule has 6 heteroatoms. The van der Waals surface area contributed by atoms with Crippen molar-refractivity contribution in [2.45, 2.75) is 6.92 Å². The molecule has 3 nitrogen and oxygen atoms in total. The summed E-state index contributed by atoms with van der Waals surface area (Å²) in [4.78, 5) is 8.40. The van der Waals surface area contributed by atoms with E-state index in [1.165, 1.54) is 20.9 Å². The van der Waals surface area contributed by atoms with Gasteiger partial charge in [0.2, 0.25) is 0 Å². The van der Waals surface area contributed by atoms with Crippen molar-refractivity contribution < 1.29 is 0 Å². The van der Waals surface area contributed by atoms with Crippen LogP contribution in [0.2, 0.25) is 5.15 Å². The summed E-state index contributed by atoms with van der Waals surface area (Å²) >= 11 is 5.82. The molecule has 0 atom stereocenters. The van der Waals surface area contributed by atoms with Crippen molar-refractivity contribution in [3.05, 3.63) is 33.7 Å². The molecule has 2 rings (SSSR count). The van der Waals surface area contributed by atoms with Gasteiger partial charge in [-0.05, 0) is 35.0 Å². The lowest BCUT2D eigenvalue weighted by Crippen LogP contribution is -1.93. The molecule has 0 saturated heterocycles. The third-order valence-electron chi connectivity index (χ3n) is 1.53. The summed E-state index contributed by atoms with van der Waals surface area (Å²) in [7, 11) is 2.77. The van der Waals surface area contributed by atoms with Gasteiger partial charge in [-0.3, -0.25) is 0 Å². The fourth-order valence-corrected chi connectivity index (χ4v) is 2.89. The number of hydrogen-bond donors (Lipinski definition) is 0. The van der Waals surface area contributed by atoms with Crippen LogP contribution >= 0.6 is 32.5 Å². The predicted molar refractivity (Wildman–Crippen MR) is 59.2 cm³/mol. The van der Waals surface area contributed by atoms with E-state index in [9.17, 15) is 0 Å². The zero-order valence-electron chi connectivity index (χ0n) is 7.27. The third kappa shape index (κ3) is 2.17. The van der Waals surface area contributed by atoms with Gasteiger partial charge in [-0.1, -0.05) is 11.6 Å². The van der Waals surface area contributed by atoms with Crippen LogP contribution in [0.15, 0.2) is 23.3 Å². The largest absolute Gasteiger partial charge is 0.237 e. The molecule has 0 bridgehead atoms. The molecule has 0 saturated carbocycles. The molecule has 0 radical (unpaired) electrons. The second kappa shape index (κ2) is 4.16. The first kappa shape index (κ1) is 9.76. The van der Waals surface area contributed by atoms with Gasteiger partial charge in [-0.15, -0.1) is 0 Å². The Morgan fingerprint density at radius 1 is 1.50 bits per heavy atom. The minimum Gasteiger partial charge on any atom is -0.237 e. The van der Waals surface area contributed by atoms with Crippen LogP contribution in [0.4, 0.5) is 5.82 Å². The molecule has 0 spiro atoms. The topological polar surface area (TPSA) is 38.1 Å². The second-order valence-electron chi connectivity index (χ2n) is 2.65. The summed E-state index contributed by atoms with van der Waals surface area (Å²) < 4.78 is 4.66. The van der Waals surface area contributed by atoms with E-state index in [1.807, 2.05) is 19.1 Å². The Kier molecular flexibility index (Phi) is 2.90. The van der Waals surface area contributed by atoms with Gasteiger partial charge in [-0.2, -0.15) is 4.37 Å². The fourth-order valence-electron chi connectivity index (χ4n) is 0.910. The van der Waals surface area contributed by atoms with Crippen LogP contribution in [0.25, 0.3) is 0 Å². The Bertz CT molecular complexity index is 503. The van der Waals surface area contributed by atoms with Crippen LogP contribution < -0.4 is 4.67 Å². The summed E-state index contributed by atoms with van der Waals surface area (Å²) in [5.41, 5.74) is 1.13. The van der Waals surface area contributed by atoms with Crippen molar-refractivity contribution >= 4 is 38.3 Å². The molecule has 0 aliphatic carbocycles. The highest BCUT2D eigenvalue weighted by molar-refractivity contribution is 7.66. The molecule has 0 aliphatic heterocycles. The van der Waals surface area contributed by atoms with Crippen molar-refractivity contribution in [2.24, 2.45) is 4.99 Å². The minimum absolute atomic E-state index is 0.448. The molecule has 2 aromatic heterocycles. The maximum Gasteiger partial charge on any atom is 0.179 e. The van der Waals surface area contributed by atoms with Gasteiger partial charge in [0, 0.05) is 16.7 Å². The molecular formula is C8H6ClN3S2. The first-order valence-corrected chi connectivity index (χ1v) is 6.33. The Morgan fingerprint density at radius 2 is 2.36 bits per heavy atom. The van der Waals surface area contributed by atoms with E-state index in [1.54, 1.807) is 6.20 Å². The highest BCUT2D eigenvalue weighted by Crippen LogP contribution is 2.11. The van der Waals surface area contributed by atoms with Gasteiger partial charge >= 0.3 is 0 Å². The highest BCUT2D eigenvalue weighted by atomic mass is 35.5. The molecule has 0 unspecified atom stereocenters. The number of aromatic nitrogens is 2. The molecule has 2 aromatic rings. The number of hydrogen-bond acceptors (Lipinski definition) is 5. The lowest BCUT2D eigenvalue weighted by atomic mass is 10.3. The third-order valence-corrected chi connectivity index (χ3v) is 3.70. The predicted octanol–water partition coefficient (Wildman–Crippen LogP) is 2.79. The number of rotatable bonds is 1. The van der Waals surface area contributed by atoms with Crippen LogP contribution in [0.5, 0.6) is 0 Å². The molecule has 0 amide bonds. The Labute approximate surface area is 93.3 Å². The smallest absolute Gasteiger partial charge is 0.179 e. The standard InChI is InChI=1S/C8H6ClN3S2/c1-5-2-3-10-6(4-5)11-8-7(9)12-14-13-8/h2-4H,1H3. The summed E-state index contributed by atoms with van der Waals surface area (Å²) in [6.45, 7) is 2.00. The molecule has 0 fully saturated rings. The number of halogens is 1. The van der Waals surface area contributed by atoms with E-state index in [0.717, 1.165) is 10.2 Å². The van der Waals surface area contributed by atoms with E-state index >= 15 is 0 Å². The van der Waals surface area contributed by atoms with Gasteiger partial charge in [0.15, 0.2) is 15.6 Å².